The first-order chi connectivity index (χ1) is 43.1. The van der Waals surface area contributed by atoms with Gasteiger partial charge < -0.3 is 82.8 Å². The van der Waals surface area contributed by atoms with Gasteiger partial charge in [-0.2, -0.15) is 0 Å². The van der Waals surface area contributed by atoms with E-state index in [2.05, 4.69) is 61.6 Å². The van der Waals surface area contributed by atoms with E-state index in [-0.39, 0.29) is 18.6 Å². The molecule has 14 N–H and O–H groups in total. The van der Waals surface area contributed by atoms with Crippen molar-refractivity contribution in [2.24, 2.45) is 23.7 Å². The van der Waals surface area contributed by atoms with Crippen molar-refractivity contribution in [3.05, 3.63) is 90.0 Å². The molecule has 8 amide bonds. The summed E-state index contributed by atoms with van der Waals surface area (Å²) in [4.78, 5) is 124. The van der Waals surface area contributed by atoms with Gasteiger partial charge in [-0.05, 0) is 79.2 Å². The molecule has 1 aliphatic rings. The highest BCUT2D eigenvalue weighted by Crippen LogP contribution is 2.19. The number of esters is 1. The van der Waals surface area contributed by atoms with E-state index < -0.39 is 182 Å². The van der Waals surface area contributed by atoms with Crippen LogP contribution in [0.15, 0.2) is 78.9 Å². The average molecular weight is 1280 g/mol. The summed E-state index contributed by atoms with van der Waals surface area (Å²) in [6, 6.07) is 4.93. The Bertz CT molecular complexity index is 2670. The minimum atomic E-state index is -1.75. The predicted octanol–water partition coefficient (Wildman–Crippen LogP) is 1.25. The molecule has 0 bridgehead atoms. The van der Waals surface area contributed by atoms with Gasteiger partial charge >= 0.3 is 5.97 Å². The monoisotopic (exact) mass is 1280 g/mol. The summed E-state index contributed by atoms with van der Waals surface area (Å²) in [6.45, 7) is 13.7. The van der Waals surface area contributed by atoms with Gasteiger partial charge in [-0.1, -0.05) is 142 Å². The highest BCUT2D eigenvalue weighted by Gasteiger charge is 2.38. The smallest absolute Gasteiger partial charge is 0.329 e. The van der Waals surface area contributed by atoms with Crippen LogP contribution in [0.4, 0.5) is 0 Å². The number of nitrogens with zero attached hydrogens (tertiary/aromatic N) is 1. The van der Waals surface area contributed by atoms with Gasteiger partial charge in [0.2, 0.25) is 47.3 Å². The van der Waals surface area contributed by atoms with Crippen molar-refractivity contribution < 1.29 is 78.5 Å². The van der Waals surface area contributed by atoms with Crippen LogP contribution >= 0.6 is 0 Å². The van der Waals surface area contributed by atoms with Crippen LogP contribution in [0.2, 0.25) is 0 Å². The zero-order valence-electron chi connectivity index (χ0n) is 54.6. The summed E-state index contributed by atoms with van der Waals surface area (Å²) in [5.74, 6) is -9.05. The van der Waals surface area contributed by atoms with Crippen LogP contribution in [0.5, 0.6) is 5.75 Å². The molecule has 25 nitrogen and oxygen atoms in total. The number of ether oxygens (including phenoxy) is 1. The maximum Gasteiger partial charge on any atom is 0.329 e. The summed E-state index contributed by atoms with van der Waals surface area (Å²) >= 11 is 0. The Balaban J connectivity index is 1.62. The number of carbonyl (C=O) groups is 9. The number of nitrogens with one attached hydrogen (secondary N) is 8. The van der Waals surface area contributed by atoms with E-state index in [1.807, 2.05) is 30.3 Å². The van der Waals surface area contributed by atoms with E-state index in [4.69, 9.17) is 4.74 Å². The summed E-state index contributed by atoms with van der Waals surface area (Å²) < 4.78 is 5.66. The standard InChI is InChI=1S/C66H103N9O16/c1-11-12-13-14-15-16-17-21-30-67-47(31-43-22-19-18-20-23-43)51(79)33-55(83)73-59(40(4)5)63(87)69-49(37-77)53(81)35-57(85)74-60(41(6)7)64(88)70-48(36-76)52(80)34-56(84)72-58(39(2)3)62(86)68-45-26-29-54(82)71-61(42(8)9)65(89)75(10)50(66(90)91-38-45)32-44-24-27-46(78)28-25-44/h16-20,22-29,39-42,45,47-53,58-61,67,76-81H,11-15,21,30-38H2,1-10H3,(H,68,86)(H,69,87)(H,70,88)(H,71,82)(H,72,84)(H,73,83)(H,74,85)/b17-16-,29-26-/t45-,47+,48+,49+,50+,51+,52+,53+,58+,59+,60+,61+/m1/s1. The fourth-order valence-electron chi connectivity index (χ4n) is 10.1. The molecule has 1 aliphatic heterocycles. The number of aromatic hydroxyl groups is 1. The van der Waals surface area contributed by atoms with Crippen LogP contribution < -0.4 is 42.5 Å². The first-order valence-electron chi connectivity index (χ1n) is 31.8. The number of phenolic OH excluding ortho intramolecular Hbond substituents is 1. The van der Waals surface area contributed by atoms with Crippen molar-refractivity contribution in [1.29, 1.82) is 0 Å². The van der Waals surface area contributed by atoms with Crippen molar-refractivity contribution in [2.75, 3.05) is 33.4 Å². The molecular weight excluding hydrogens is 1170 g/mol. The first kappa shape index (κ1) is 78.0. The molecule has 25 heteroatoms. The van der Waals surface area contributed by atoms with Gasteiger partial charge in [0.1, 0.15) is 42.6 Å². The van der Waals surface area contributed by atoms with Crippen molar-refractivity contribution >= 4 is 53.2 Å². The molecule has 12 atom stereocenters. The molecule has 1 heterocycles. The molecule has 508 valence electrons. The number of aliphatic hydroxyl groups is 5. The molecule has 3 rings (SSSR count). The van der Waals surface area contributed by atoms with Gasteiger partial charge in [0.05, 0.1) is 68.9 Å². The van der Waals surface area contributed by atoms with Gasteiger partial charge in [-0.3, -0.25) is 38.4 Å². The minimum absolute atomic E-state index is 0.0119. The molecule has 2 aromatic rings. The van der Waals surface area contributed by atoms with Crippen LogP contribution in [0, 0.1) is 23.7 Å². The van der Waals surface area contributed by atoms with E-state index in [9.17, 15) is 73.8 Å². The van der Waals surface area contributed by atoms with Crippen molar-refractivity contribution in [3.63, 3.8) is 0 Å². The zero-order chi connectivity index (χ0) is 67.9. The van der Waals surface area contributed by atoms with Crippen LogP contribution in [-0.4, -0.2) is 195 Å². The normalized spacial score (nSPS) is 19.1. The third-order valence-corrected chi connectivity index (χ3v) is 15.7. The number of allylic oxidation sites excluding steroid dienone is 1. The quantitative estimate of drug-likeness (QED) is 0.0257. The van der Waals surface area contributed by atoms with Crippen molar-refractivity contribution in [3.8, 4) is 5.75 Å². The Labute approximate surface area is 535 Å². The maximum absolute atomic E-state index is 13.9. The average Bonchev–Trinajstić information content (AvgIpc) is 1.17. The number of rotatable bonds is 37. The van der Waals surface area contributed by atoms with Crippen molar-refractivity contribution in [2.45, 2.75) is 206 Å². The molecule has 0 radical (unpaired) electrons. The van der Waals surface area contributed by atoms with Crippen LogP contribution in [0.1, 0.15) is 131 Å². The molecule has 0 spiro atoms. The molecular formula is C66H103N9O16. The highest BCUT2D eigenvalue weighted by molar-refractivity contribution is 5.95. The number of carbonyl (C=O) groups excluding carboxylic acids is 9. The summed E-state index contributed by atoms with van der Waals surface area (Å²) in [5.41, 5.74) is 1.54. The lowest BCUT2D eigenvalue weighted by atomic mass is 9.97. The molecule has 0 saturated heterocycles. The van der Waals surface area contributed by atoms with E-state index >= 15 is 0 Å². The second kappa shape index (κ2) is 40.5. The van der Waals surface area contributed by atoms with Gasteiger partial charge in [-0.15, -0.1) is 0 Å². The largest absolute Gasteiger partial charge is 0.508 e. The Kier molecular flexibility index (Phi) is 34.7. The Morgan fingerprint density at radius 2 is 1.13 bits per heavy atom. The van der Waals surface area contributed by atoms with E-state index in [1.165, 1.54) is 49.4 Å². The van der Waals surface area contributed by atoms with E-state index in [0.717, 1.165) is 30.9 Å². The summed E-state index contributed by atoms with van der Waals surface area (Å²) in [5, 5.41) is 85.6. The molecule has 0 aliphatic carbocycles. The molecule has 2 aromatic carbocycles. The minimum Gasteiger partial charge on any atom is -0.508 e. The number of amides is 8. The fraction of sp³-hybridized carbons (Fsp3) is 0.621. The van der Waals surface area contributed by atoms with E-state index in [0.29, 0.717) is 18.5 Å². The number of likely N-dealkylation sites (N-methyl/N-ethyl adjacent to an activating group) is 1. The second-order valence-corrected chi connectivity index (χ2v) is 24.8. The van der Waals surface area contributed by atoms with E-state index in [1.54, 1.807) is 67.5 Å². The topological polar surface area (TPSA) is 384 Å². The lowest BCUT2D eigenvalue weighted by Gasteiger charge is -2.32. The number of benzene rings is 2. The third kappa shape index (κ3) is 27.6. The number of aliphatic hydroxyl groups excluding tert-OH is 5. The molecule has 0 aromatic heterocycles. The van der Waals surface area contributed by atoms with Crippen LogP contribution in [0.25, 0.3) is 0 Å². The molecule has 0 saturated carbocycles. The predicted molar refractivity (Wildman–Crippen MR) is 342 cm³/mol. The Morgan fingerprint density at radius 1 is 0.637 bits per heavy atom. The fourth-order valence-corrected chi connectivity index (χ4v) is 10.1. The molecule has 0 unspecified atom stereocenters. The number of cyclic esters (lactones) is 1. The zero-order valence-corrected chi connectivity index (χ0v) is 54.6. The summed E-state index contributed by atoms with van der Waals surface area (Å²) in [7, 11) is 1.40. The van der Waals surface area contributed by atoms with Crippen LogP contribution in [0.3, 0.4) is 0 Å². The number of unbranched alkanes of at least 4 members (excludes halogenated alkanes) is 4. The second-order valence-electron chi connectivity index (χ2n) is 24.8. The van der Waals surface area contributed by atoms with Gasteiger partial charge in [0, 0.05) is 25.6 Å². The highest BCUT2D eigenvalue weighted by atomic mass is 16.5. The summed E-state index contributed by atoms with van der Waals surface area (Å²) in [6.07, 6.45) is 7.00. The Hall–Kier alpha value is -7.29. The Morgan fingerprint density at radius 3 is 1.62 bits per heavy atom. The third-order valence-electron chi connectivity index (χ3n) is 15.7. The van der Waals surface area contributed by atoms with Crippen molar-refractivity contribution in [1.82, 2.24) is 47.4 Å². The molecule has 91 heavy (non-hydrogen) atoms. The number of hydrogen-bond donors (Lipinski definition) is 14. The molecule has 0 fully saturated rings. The number of phenols is 1. The maximum atomic E-state index is 13.9. The van der Waals surface area contributed by atoms with Gasteiger partial charge in [0.25, 0.3) is 0 Å². The lowest BCUT2D eigenvalue weighted by Crippen LogP contribution is -2.58. The first-order valence-corrected chi connectivity index (χ1v) is 31.8. The lowest BCUT2D eigenvalue weighted by molar-refractivity contribution is -0.156. The van der Waals surface area contributed by atoms with Gasteiger partial charge in [0.15, 0.2) is 0 Å². The SMILES string of the molecule is CCCCCC/C=C\CCN[C@@H](Cc1ccccc1)[C@@H](O)CC(=O)N[C@H](C(=O)N[C@@H](CO)[C@@H](O)CC(=O)N[C@H](C(=O)N[C@@H](CO)[C@@H](O)CC(=O)N[C@H](C(=O)N[C@@H]1/C=C\C(=O)N[C@@H](C(C)C)C(=O)N(C)[C@@H](Cc2ccc(O)cc2)C(=O)OC1)C(C)C)C(C)C)C(C)C. The van der Waals surface area contributed by atoms with Crippen LogP contribution in [-0.2, 0) is 60.7 Å². The number of hydrogen-bond acceptors (Lipinski definition) is 17. The van der Waals surface area contributed by atoms with Gasteiger partial charge in [-0.25, -0.2) is 4.79 Å².